The Kier molecular flexibility index (Phi) is 6.08. The predicted octanol–water partition coefficient (Wildman–Crippen LogP) is 3.26. The van der Waals surface area contributed by atoms with Crippen molar-refractivity contribution in [2.75, 3.05) is 18.5 Å². The van der Waals surface area contributed by atoms with Crippen molar-refractivity contribution < 1.29 is 19.1 Å². The van der Waals surface area contributed by atoms with Crippen molar-refractivity contribution in [1.29, 1.82) is 0 Å². The maximum atomic E-state index is 12.2. The molecule has 2 amide bonds. The fourth-order valence-corrected chi connectivity index (χ4v) is 3.03. The Hall–Kier alpha value is -2.86. The lowest BCUT2D eigenvalue weighted by Gasteiger charge is -2.15. The number of benzene rings is 2. The van der Waals surface area contributed by atoms with Crippen molar-refractivity contribution in [3.05, 3.63) is 64.7 Å². The van der Waals surface area contributed by atoms with Crippen molar-refractivity contribution in [3.63, 3.8) is 0 Å². The molecule has 1 aliphatic heterocycles. The first-order chi connectivity index (χ1) is 13.0. The maximum Gasteiger partial charge on any atom is 0.338 e. The monoisotopic (exact) mass is 386 g/mol. The van der Waals surface area contributed by atoms with Gasteiger partial charge < -0.3 is 15.0 Å². The van der Waals surface area contributed by atoms with Crippen LogP contribution in [0.5, 0.6) is 0 Å². The number of carbonyl (C=O) groups is 3. The molecule has 0 unspecified atom stereocenters. The Morgan fingerprint density at radius 3 is 2.70 bits per heavy atom. The molecule has 0 aromatic heterocycles. The maximum absolute atomic E-state index is 12.2. The summed E-state index contributed by atoms with van der Waals surface area (Å²) < 4.78 is 5.07. The van der Waals surface area contributed by atoms with Crippen LogP contribution in [0.15, 0.2) is 48.5 Å². The van der Waals surface area contributed by atoms with Crippen molar-refractivity contribution in [1.82, 2.24) is 4.90 Å². The van der Waals surface area contributed by atoms with Gasteiger partial charge in [0.25, 0.3) is 5.91 Å². The summed E-state index contributed by atoms with van der Waals surface area (Å²) in [6, 6.07) is 13.7. The summed E-state index contributed by atoms with van der Waals surface area (Å²) >= 11 is 5.97. The van der Waals surface area contributed by atoms with Gasteiger partial charge in [-0.25, -0.2) is 4.79 Å². The highest BCUT2D eigenvalue weighted by atomic mass is 35.5. The Morgan fingerprint density at radius 1 is 1.15 bits per heavy atom. The number of likely N-dealkylation sites (tertiary alicyclic amines) is 1. The number of hydrogen-bond acceptors (Lipinski definition) is 4. The quantitative estimate of drug-likeness (QED) is 0.773. The SMILES string of the molecule is O=C(COC(=O)c1cccc(CN2CCCC2=O)c1)Nc1ccccc1Cl. The first-order valence-corrected chi connectivity index (χ1v) is 8.99. The number of hydrogen-bond donors (Lipinski definition) is 1. The molecule has 0 saturated carbocycles. The number of carbonyl (C=O) groups excluding carboxylic acids is 3. The van der Waals surface area contributed by atoms with Gasteiger partial charge in [0.2, 0.25) is 5.91 Å². The zero-order chi connectivity index (χ0) is 19.2. The molecule has 1 N–H and O–H groups in total. The van der Waals surface area contributed by atoms with Gasteiger partial charge in [-0.15, -0.1) is 0 Å². The fraction of sp³-hybridized carbons (Fsp3) is 0.250. The van der Waals surface area contributed by atoms with E-state index in [1.807, 2.05) is 6.07 Å². The van der Waals surface area contributed by atoms with Crippen LogP contribution < -0.4 is 5.32 Å². The van der Waals surface area contributed by atoms with Crippen LogP contribution in [0.1, 0.15) is 28.8 Å². The third-order valence-electron chi connectivity index (χ3n) is 4.19. The van der Waals surface area contributed by atoms with Gasteiger partial charge in [0.15, 0.2) is 6.61 Å². The lowest BCUT2D eigenvalue weighted by atomic mass is 10.1. The van der Waals surface area contributed by atoms with Crippen LogP contribution >= 0.6 is 11.6 Å². The van der Waals surface area contributed by atoms with Gasteiger partial charge in [-0.3, -0.25) is 9.59 Å². The summed E-state index contributed by atoms with van der Waals surface area (Å²) in [6.45, 7) is 0.779. The number of nitrogens with one attached hydrogen (secondary N) is 1. The number of para-hydroxylation sites is 1. The highest BCUT2D eigenvalue weighted by molar-refractivity contribution is 6.33. The number of anilines is 1. The second-order valence-corrected chi connectivity index (χ2v) is 6.63. The Morgan fingerprint density at radius 2 is 1.96 bits per heavy atom. The van der Waals surface area contributed by atoms with E-state index in [0.29, 0.717) is 29.2 Å². The largest absolute Gasteiger partial charge is 0.452 e. The van der Waals surface area contributed by atoms with E-state index in [4.69, 9.17) is 16.3 Å². The van der Waals surface area contributed by atoms with Crippen LogP contribution in [-0.4, -0.2) is 35.8 Å². The molecule has 7 heteroatoms. The summed E-state index contributed by atoms with van der Waals surface area (Å²) in [5.74, 6) is -0.951. The first-order valence-electron chi connectivity index (χ1n) is 8.61. The van der Waals surface area contributed by atoms with E-state index >= 15 is 0 Å². The molecule has 1 heterocycles. The second-order valence-electron chi connectivity index (χ2n) is 6.22. The number of rotatable bonds is 6. The smallest absolute Gasteiger partial charge is 0.338 e. The lowest BCUT2D eigenvalue weighted by Crippen LogP contribution is -2.24. The summed E-state index contributed by atoms with van der Waals surface area (Å²) in [6.07, 6.45) is 1.43. The van der Waals surface area contributed by atoms with Gasteiger partial charge in [0.1, 0.15) is 0 Å². The van der Waals surface area contributed by atoms with Crippen LogP contribution in [0, 0.1) is 0 Å². The molecule has 0 bridgehead atoms. The van der Waals surface area contributed by atoms with E-state index in [2.05, 4.69) is 5.32 Å². The minimum Gasteiger partial charge on any atom is -0.452 e. The van der Waals surface area contributed by atoms with Gasteiger partial charge >= 0.3 is 5.97 Å². The summed E-state index contributed by atoms with van der Waals surface area (Å²) in [7, 11) is 0. The van der Waals surface area contributed by atoms with Gasteiger partial charge in [-0.05, 0) is 36.2 Å². The van der Waals surface area contributed by atoms with Crippen LogP contribution in [0.3, 0.4) is 0 Å². The highest BCUT2D eigenvalue weighted by Gasteiger charge is 2.20. The van der Waals surface area contributed by atoms with Gasteiger partial charge in [0, 0.05) is 19.5 Å². The van der Waals surface area contributed by atoms with E-state index in [1.165, 1.54) is 0 Å². The van der Waals surface area contributed by atoms with Crippen LogP contribution in [0.2, 0.25) is 5.02 Å². The normalized spacial score (nSPS) is 13.5. The van der Waals surface area contributed by atoms with Crippen LogP contribution in [0.4, 0.5) is 5.69 Å². The predicted molar refractivity (Wildman–Crippen MR) is 101 cm³/mol. The van der Waals surface area contributed by atoms with Crippen molar-refractivity contribution in [3.8, 4) is 0 Å². The Balaban J connectivity index is 1.54. The van der Waals surface area contributed by atoms with E-state index < -0.39 is 18.5 Å². The number of ether oxygens (including phenoxy) is 1. The minimum absolute atomic E-state index is 0.124. The van der Waals surface area contributed by atoms with Gasteiger partial charge in [-0.2, -0.15) is 0 Å². The molecule has 0 aliphatic carbocycles. The second kappa shape index (κ2) is 8.68. The molecular weight excluding hydrogens is 368 g/mol. The van der Waals surface area contributed by atoms with E-state index in [1.54, 1.807) is 47.4 Å². The fourth-order valence-electron chi connectivity index (χ4n) is 2.85. The zero-order valence-electron chi connectivity index (χ0n) is 14.6. The summed E-state index contributed by atoms with van der Waals surface area (Å²) in [5.41, 5.74) is 1.64. The molecule has 1 aliphatic rings. The third kappa shape index (κ3) is 5.08. The number of halogens is 1. The number of amides is 2. The van der Waals surface area contributed by atoms with Gasteiger partial charge in [0.05, 0.1) is 16.3 Å². The van der Waals surface area contributed by atoms with E-state index in [0.717, 1.165) is 18.5 Å². The highest BCUT2D eigenvalue weighted by Crippen LogP contribution is 2.20. The Bertz CT molecular complexity index is 869. The molecule has 3 rings (SSSR count). The standard InChI is InChI=1S/C20H19ClN2O4/c21-16-7-1-2-8-17(16)22-18(24)13-27-20(26)15-6-3-5-14(11-15)12-23-10-4-9-19(23)25/h1-3,5-8,11H,4,9-10,12-13H2,(H,22,24). The molecule has 0 radical (unpaired) electrons. The van der Waals surface area contributed by atoms with Crippen LogP contribution in [0.25, 0.3) is 0 Å². The average Bonchev–Trinajstić information content (AvgIpc) is 3.06. The number of esters is 1. The Labute approximate surface area is 162 Å². The third-order valence-corrected chi connectivity index (χ3v) is 4.52. The first kappa shape index (κ1) is 18.9. The molecule has 0 atom stereocenters. The summed E-state index contributed by atoms with van der Waals surface area (Å²) in [4.78, 5) is 37.7. The van der Waals surface area contributed by atoms with E-state index in [9.17, 15) is 14.4 Å². The molecule has 2 aromatic carbocycles. The lowest BCUT2D eigenvalue weighted by molar-refractivity contribution is -0.128. The molecule has 2 aromatic rings. The minimum atomic E-state index is -0.598. The molecular formula is C20H19ClN2O4. The van der Waals surface area contributed by atoms with Crippen molar-refractivity contribution in [2.45, 2.75) is 19.4 Å². The molecule has 1 fully saturated rings. The average molecular weight is 387 g/mol. The topological polar surface area (TPSA) is 75.7 Å². The van der Waals surface area contributed by atoms with Crippen molar-refractivity contribution in [2.24, 2.45) is 0 Å². The van der Waals surface area contributed by atoms with Gasteiger partial charge in [-0.1, -0.05) is 35.9 Å². The van der Waals surface area contributed by atoms with Crippen molar-refractivity contribution >= 4 is 35.1 Å². The zero-order valence-corrected chi connectivity index (χ0v) is 15.4. The number of nitrogens with zero attached hydrogens (tertiary/aromatic N) is 1. The van der Waals surface area contributed by atoms with E-state index in [-0.39, 0.29) is 5.91 Å². The van der Waals surface area contributed by atoms with Crippen LogP contribution in [-0.2, 0) is 20.9 Å². The molecule has 27 heavy (non-hydrogen) atoms. The molecule has 1 saturated heterocycles. The summed E-state index contributed by atoms with van der Waals surface area (Å²) in [5, 5.41) is 2.99. The molecule has 0 spiro atoms. The molecule has 6 nitrogen and oxygen atoms in total. The molecule has 140 valence electrons.